The zero-order valence-electron chi connectivity index (χ0n) is 12.2. The van der Waals surface area contributed by atoms with Crippen LogP contribution in [0.4, 0.5) is 0 Å². The molecule has 1 aliphatic rings. The molecule has 1 saturated carbocycles. The summed E-state index contributed by atoms with van der Waals surface area (Å²) >= 11 is 0. The lowest BCUT2D eigenvalue weighted by molar-refractivity contribution is -0.141. The Hall–Kier alpha value is -1.84. The largest absolute Gasteiger partial charge is 0.469 e. The molecule has 1 fully saturated rings. The van der Waals surface area contributed by atoms with E-state index < -0.39 is 5.41 Å². The van der Waals surface area contributed by atoms with E-state index >= 15 is 0 Å². The molecule has 1 atom stereocenters. The zero-order chi connectivity index (χ0) is 14.8. The van der Waals surface area contributed by atoms with Crippen LogP contribution in [0, 0.1) is 6.92 Å². The van der Waals surface area contributed by atoms with Gasteiger partial charge < -0.3 is 10.1 Å². The number of hydrogen-bond acceptors (Lipinski definition) is 3. The minimum atomic E-state index is -0.393. The van der Waals surface area contributed by atoms with E-state index in [2.05, 4.69) is 10.1 Å². The molecule has 0 saturated heterocycles. The molecule has 1 aromatic rings. The van der Waals surface area contributed by atoms with Crippen molar-refractivity contribution < 1.29 is 14.3 Å². The lowest BCUT2D eigenvalue weighted by Gasteiger charge is -2.21. The molecule has 4 nitrogen and oxygen atoms in total. The first-order valence-electron chi connectivity index (χ1n) is 6.93. The number of aryl methyl sites for hydroxylation is 1. The smallest absolute Gasteiger partial charge is 0.307 e. The average Bonchev–Trinajstić information content (AvgIpc) is 3.20. The number of carbonyl (C=O) groups is 2. The highest BCUT2D eigenvalue weighted by Gasteiger charge is 2.52. The van der Waals surface area contributed by atoms with Crippen molar-refractivity contribution in [1.29, 1.82) is 0 Å². The number of rotatable bonds is 5. The SMILES string of the molecule is COC(=O)C[C@@H](C)NC(=O)C1(c2ccccc2C)CC1. The summed E-state index contributed by atoms with van der Waals surface area (Å²) in [4.78, 5) is 23.7. The van der Waals surface area contributed by atoms with Crippen molar-refractivity contribution in [3.05, 3.63) is 35.4 Å². The number of carbonyl (C=O) groups excluding carboxylic acids is 2. The van der Waals surface area contributed by atoms with Gasteiger partial charge in [0.2, 0.25) is 5.91 Å². The number of ether oxygens (including phenoxy) is 1. The summed E-state index contributed by atoms with van der Waals surface area (Å²) in [6, 6.07) is 7.78. The molecule has 0 radical (unpaired) electrons. The predicted molar refractivity (Wildman–Crippen MR) is 76.3 cm³/mol. The summed E-state index contributed by atoms with van der Waals surface area (Å²) in [6.45, 7) is 3.85. The second-order valence-electron chi connectivity index (χ2n) is 5.55. The quantitative estimate of drug-likeness (QED) is 0.837. The summed E-state index contributed by atoms with van der Waals surface area (Å²) < 4.78 is 4.62. The molecule has 2 rings (SSSR count). The van der Waals surface area contributed by atoms with Gasteiger partial charge >= 0.3 is 5.97 Å². The van der Waals surface area contributed by atoms with E-state index in [-0.39, 0.29) is 24.3 Å². The number of esters is 1. The van der Waals surface area contributed by atoms with Gasteiger partial charge in [-0.25, -0.2) is 0 Å². The monoisotopic (exact) mass is 275 g/mol. The molecule has 4 heteroatoms. The topological polar surface area (TPSA) is 55.4 Å². The zero-order valence-corrected chi connectivity index (χ0v) is 12.2. The molecule has 0 spiro atoms. The molecule has 0 heterocycles. The van der Waals surface area contributed by atoms with Gasteiger partial charge in [-0.15, -0.1) is 0 Å². The Morgan fingerprint density at radius 1 is 1.35 bits per heavy atom. The molecular weight excluding hydrogens is 254 g/mol. The summed E-state index contributed by atoms with van der Waals surface area (Å²) in [6.07, 6.45) is 1.94. The Morgan fingerprint density at radius 3 is 2.55 bits per heavy atom. The fourth-order valence-electron chi connectivity index (χ4n) is 2.60. The lowest BCUT2D eigenvalue weighted by atomic mass is 9.91. The summed E-state index contributed by atoms with van der Waals surface area (Å²) in [5, 5.41) is 2.93. The fraction of sp³-hybridized carbons (Fsp3) is 0.500. The Kier molecular flexibility index (Phi) is 4.12. The Bertz CT molecular complexity index is 520. The van der Waals surface area contributed by atoms with Crippen LogP contribution in [-0.4, -0.2) is 25.0 Å². The number of nitrogens with one attached hydrogen (secondary N) is 1. The first-order chi connectivity index (χ1) is 9.49. The highest BCUT2D eigenvalue weighted by molar-refractivity contribution is 5.92. The van der Waals surface area contributed by atoms with Crippen molar-refractivity contribution in [2.45, 2.75) is 44.6 Å². The van der Waals surface area contributed by atoms with Crippen LogP contribution in [0.15, 0.2) is 24.3 Å². The van der Waals surface area contributed by atoms with Gasteiger partial charge in [0.25, 0.3) is 0 Å². The van der Waals surface area contributed by atoms with E-state index in [1.165, 1.54) is 7.11 Å². The van der Waals surface area contributed by atoms with Crippen molar-refractivity contribution in [3.63, 3.8) is 0 Å². The predicted octanol–water partition coefficient (Wildman–Crippen LogP) is 2.09. The highest BCUT2D eigenvalue weighted by Crippen LogP contribution is 2.49. The van der Waals surface area contributed by atoms with Crippen LogP contribution in [0.3, 0.4) is 0 Å². The minimum Gasteiger partial charge on any atom is -0.469 e. The van der Waals surface area contributed by atoms with E-state index in [4.69, 9.17) is 0 Å². The van der Waals surface area contributed by atoms with Crippen LogP contribution >= 0.6 is 0 Å². The molecule has 1 aliphatic carbocycles. The van der Waals surface area contributed by atoms with Gasteiger partial charge in [-0.3, -0.25) is 9.59 Å². The second kappa shape index (κ2) is 5.65. The Balaban J connectivity index is 2.06. The number of benzene rings is 1. The molecule has 0 bridgehead atoms. The first kappa shape index (κ1) is 14.6. The van der Waals surface area contributed by atoms with E-state index in [1.54, 1.807) is 0 Å². The van der Waals surface area contributed by atoms with E-state index in [0.717, 1.165) is 24.0 Å². The lowest BCUT2D eigenvalue weighted by Crippen LogP contribution is -2.41. The average molecular weight is 275 g/mol. The second-order valence-corrected chi connectivity index (χ2v) is 5.55. The molecule has 0 unspecified atom stereocenters. The van der Waals surface area contributed by atoms with Crippen LogP contribution in [0.2, 0.25) is 0 Å². The maximum Gasteiger partial charge on any atom is 0.307 e. The van der Waals surface area contributed by atoms with Gasteiger partial charge in [-0.1, -0.05) is 24.3 Å². The van der Waals surface area contributed by atoms with E-state index in [9.17, 15) is 9.59 Å². The van der Waals surface area contributed by atoms with Crippen LogP contribution in [-0.2, 0) is 19.7 Å². The van der Waals surface area contributed by atoms with Crippen molar-refractivity contribution in [1.82, 2.24) is 5.32 Å². The third-order valence-electron chi connectivity index (χ3n) is 3.92. The van der Waals surface area contributed by atoms with Gasteiger partial charge in [0.15, 0.2) is 0 Å². The van der Waals surface area contributed by atoms with Gasteiger partial charge in [0.1, 0.15) is 0 Å². The fourth-order valence-corrected chi connectivity index (χ4v) is 2.60. The minimum absolute atomic E-state index is 0.0169. The first-order valence-corrected chi connectivity index (χ1v) is 6.93. The molecule has 1 aromatic carbocycles. The number of hydrogen-bond donors (Lipinski definition) is 1. The van der Waals surface area contributed by atoms with Crippen molar-refractivity contribution >= 4 is 11.9 Å². The van der Waals surface area contributed by atoms with Crippen LogP contribution in [0.1, 0.15) is 37.3 Å². The van der Waals surface area contributed by atoms with Gasteiger partial charge in [0, 0.05) is 6.04 Å². The van der Waals surface area contributed by atoms with Crippen LogP contribution in [0.25, 0.3) is 0 Å². The molecule has 0 aliphatic heterocycles. The standard InChI is InChI=1S/C16H21NO3/c1-11-6-4-5-7-13(11)16(8-9-16)15(19)17-12(2)10-14(18)20-3/h4-7,12H,8-10H2,1-3H3,(H,17,19)/t12-/m1/s1. The third-order valence-corrected chi connectivity index (χ3v) is 3.92. The molecule has 1 amide bonds. The normalized spacial score (nSPS) is 17.1. The molecule has 108 valence electrons. The molecule has 0 aromatic heterocycles. The van der Waals surface area contributed by atoms with Crippen molar-refractivity contribution in [2.24, 2.45) is 0 Å². The molecule has 1 N–H and O–H groups in total. The third kappa shape index (κ3) is 2.84. The van der Waals surface area contributed by atoms with E-state index in [1.807, 2.05) is 38.1 Å². The Labute approximate surface area is 119 Å². The van der Waals surface area contributed by atoms with Crippen molar-refractivity contribution in [3.8, 4) is 0 Å². The van der Waals surface area contributed by atoms with Gasteiger partial charge in [-0.2, -0.15) is 0 Å². The number of amides is 1. The van der Waals surface area contributed by atoms with Crippen LogP contribution in [0.5, 0.6) is 0 Å². The Morgan fingerprint density at radius 2 is 2.00 bits per heavy atom. The maximum atomic E-state index is 12.5. The molecule has 20 heavy (non-hydrogen) atoms. The summed E-state index contributed by atoms with van der Waals surface area (Å²) in [5.41, 5.74) is 1.85. The molecular formula is C16H21NO3. The number of methoxy groups -OCH3 is 1. The van der Waals surface area contributed by atoms with E-state index in [0.29, 0.717) is 0 Å². The summed E-state index contributed by atoms with van der Waals surface area (Å²) in [5.74, 6) is -0.290. The van der Waals surface area contributed by atoms with Crippen LogP contribution < -0.4 is 5.32 Å². The summed E-state index contributed by atoms with van der Waals surface area (Å²) in [7, 11) is 1.35. The highest BCUT2D eigenvalue weighted by atomic mass is 16.5. The maximum absolute atomic E-state index is 12.5. The van der Waals surface area contributed by atoms with Crippen molar-refractivity contribution in [2.75, 3.05) is 7.11 Å². The van der Waals surface area contributed by atoms with Gasteiger partial charge in [0.05, 0.1) is 18.9 Å². The van der Waals surface area contributed by atoms with Gasteiger partial charge in [-0.05, 0) is 37.8 Å².